The van der Waals surface area contributed by atoms with Gasteiger partial charge in [0.1, 0.15) is 0 Å². The molecule has 4 nitrogen and oxygen atoms in total. The molecular formula is C13H19NO3. The predicted molar refractivity (Wildman–Crippen MR) is 66.3 cm³/mol. The van der Waals surface area contributed by atoms with E-state index in [4.69, 9.17) is 4.74 Å². The number of aromatic hydroxyl groups is 1. The molecule has 0 unspecified atom stereocenters. The molecule has 0 bridgehead atoms. The molecule has 0 saturated carbocycles. The minimum Gasteiger partial charge on any atom is -0.504 e. The normalized spacial score (nSPS) is 11.1. The van der Waals surface area contributed by atoms with Crippen molar-refractivity contribution in [3.05, 3.63) is 24.3 Å². The Morgan fingerprint density at radius 2 is 1.94 bits per heavy atom. The lowest BCUT2D eigenvalue weighted by atomic mass is 10.1. The monoisotopic (exact) mass is 237 g/mol. The lowest BCUT2D eigenvalue weighted by molar-refractivity contribution is 0.109. The van der Waals surface area contributed by atoms with Crippen molar-refractivity contribution < 1.29 is 14.6 Å². The maximum Gasteiger partial charge on any atom is 0.415 e. The van der Waals surface area contributed by atoms with E-state index in [-0.39, 0.29) is 17.0 Å². The highest BCUT2D eigenvalue weighted by atomic mass is 16.6. The Kier molecular flexibility index (Phi) is 3.99. The number of phenols is 1. The van der Waals surface area contributed by atoms with Crippen LogP contribution in [0, 0.1) is 0 Å². The molecule has 0 aliphatic rings. The zero-order valence-electron chi connectivity index (χ0n) is 10.7. The second kappa shape index (κ2) is 5.08. The van der Waals surface area contributed by atoms with Crippen LogP contribution < -0.4 is 4.74 Å². The van der Waals surface area contributed by atoms with Crippen molar-refractivity contribution in [2.75, 3.05) is 6.54 Å². The van der Waals surface area contributed by atoms with Crippen molar-refractivity contribution >= 4 is 6.09 Å². The van der Waals surface area contributed by atoms with Crippen LogP contribution in [0.1, 0.15) is 27.7 Å². The summed E-state index contributed by atoms with van der Waals surface area (Å²) in [6.07, 6.45) is -0.457. The molecule has 1 N–H and O–H groups in total. The van der Waals surface area contributed by atoms with Gasteiger partial charge in [-0.1, -0.05) is 12.1 Å². The van der Waals surface area contributed by atoms with Crippen molar-refractivity contribution in [2.45, 2.75) is 33.2 Å². The minimum atomic E-state index is -0.457. The van der Waals surface area contributed by atoms with Crippen molar-refractivity contribution in [2.24, 2.45) is 0 Å². The maximum atomic E-state index is 11.9. The van der Waals surface area contributed by atoms with Gasteiger partial charge >= 0.3 is 6.09 Å². The average molecular weight is 237 g/mol. The third-order valence-corrected chi connectivity index (χ3v) is 2.41. The van der Waals surface area contributed by atoms with Crippen molar-refractivity contribution in [3.8, 4) is 11.5 Å². The van der Waals surface area contributed by atoms with Crippen LogP contribution in [0.5, 0.6) is 11.5 Å². The van der Waals surface area contributed by atoms with E-state index in [0.29, 0.717) is 6.54 Å². The molecule has 1 aromatic rings. The Morgan fingerprint density at radius 3 is 2.41 bits per heavy atom. The molecule has 0 radical (unpaired) electrons. The van der Waals surface area contributed by atoms with Gasteiger partial charge in [-0.3, -0.25) is 0 Å². The number of rotatable bonds is 2. The molecule has 17 heavy (non-hydrogen) atoms. The summed E-state index contributed by atoms with van der Waals surface area (Å²) in [6.45, 7) is 8.24. The predicted octanol–water partition coefficient (Wildman–Crippen LogP) is 3.01. The first kappa shape index (κ1) is 13.4. The summed E-state index contributed by atoms with van der Waals surface area (Å²) >= 11 is 0. The molecule has 1 amide bonds. The fourth-order valence-corrected chi connectivity index (χ4v) is 1.57. The van der Waals surface area contributed by atoms with Crippen LogP contribution in [0.2, 0.25) is 0 Å². The smallest absolute Gasteiger partial charge is 0.415 e. The van der Waals surface area contributed by atoms with Crippen LogP contribution in [0.3, 0.4) is 0 Å². The number of nitrogens with zero attached hydrogens (tertiary/aromatic N) is 1. The second-order valence-corrected chi connectivity index (χ2v) is 4.75. The number of hydrogen-bond donors (Lipinski definition) is 1. The Balaban J connectivity index is 2.82. The number of amides is 1. The van der Waals surface area contributed by atoms with Crippen LogP contribution in [0.15, 0.2) is 24.3 Å². The molecule has 0 spiro atoms. The highest BCUT2D eigenvalue weighted by molar-refractivity contribution is 5.72. The highest BCUT2D eigenvalue weighted by Crippen LogP contribution is 2.26. The molecule has 0 saturated heterocycles. The molecule has 0 aromatic heterocycles. The van der Waals surface area contributed by atoms with Crippen molar-refractivity contribution in [3.63, 3.8) is 0 Å². The van der Waals surface area contributed by atoms with Gasteiger partial charge in [0, 0.05) is 12.1 Å². The SMILES string of the molecule is CCN(C(=O)Oc1ccccc1O)C(C)(C)C. The summed E-state index contributed by atoms with van der Waals surface area (Å²) in [5.41, 5.74) is -0.309. The number of carbonyl (C=O) groups is 1. The zero-order valence-corrected chi connectivity index (χ0v) is 10.7. The second-order valence-electron chi connectivity index (χ2n) is 4.75. The largest absolute Gasteiger partial charge is 0.504 e. The molecule has 1 aromatic carbocycles. The van der Waals surface area contributed by atoms with Crippen molar-refractivity contribution in [1.29, 1.82) is 0 Å². The van der Waals surface area contributed by atoms with Crippen LogP contribution in [0.4, 0.5) is 4.79 Å². The average Bonchev–Trinajstić information content (AvgIpc) is 2.20. The summed E-state index contributed by atoms with van der Waals surface area (Å²) in [7, 11) is 0. The van der Waals surface area contributed by atoms with Gasteiger partial charge in [-0.15, -0.1) is 0 Å². The number of ether oxygens (including phenoxy) is 1. The first-order valence-electron chi connectivity index (χ1n) is 5.63. The topological polar surface area (TPSA) is 49.8 Å². The van der Waals surface area contributed by atoms with E-state index in [1.807, 2.05) is 27.7 Å². The van der Waals surface area contributed by atoms with Gasteiger partial charge in [-0.2, -0.15) is 0 Å². The van der Waals surface area contributed by atoms with E-state index in [1.165, 1.54) is 6.07 Å². The van der Waals surface area contributed by atoms with Crippen LogP contribution in [-0.2, 0) is 0 Å². The first-order valence-corrected chi connectivity index (χ1v) is 5.63. The summed E-state index contributed by atoms with van der Waals surface area (Å²) < 4.78 is 5.16. The fraction of sp³-hybridized carbons (Fsp3) is 0.462. The number of para-hydroxylation sites is 2. The van der Waals surface area contributed by atoms with Crippen LogP contribution in [-0.4, -0.2) is 28.2 Å². The molecule has 0 aliphatic heterocycles. The number of phenolic OH excluding ortho intramolecular Hbond substituents is 1. The molecule has 0 heterocycles. The Hall–Kier alpha value is -1.71. The van der Waals surface area contributed by atoms with Gasteiger partial charge in [-0.05, 0) is 39.8 Å². The summed E-state index contributed by atoms with van der Waals surface area (Å²) in [4.78, 5) is 13.5. The fourth-order valence-electron chi connectivity index (χ4n) is 1.57. The number of benzene rings is 1. The molecule has 0 atom stereocenters. The van der Waals surface area contributed by atoms with E-state index in [9.17, 15) is 9.90 Å². The summed E-state index contributed by atoms with van der Waals surface area (Å²) in [5.74, 6) is 0.144. The van der Waals surface area contributed by atoms with Gasteiger partial charge in [0.2, 0.25) is 0 Å². The quantitative estimate of drug-likeness (QED) is 0.860. The number of hydrogen-bond acceptors (Lipinski definition) is 3. The number of carbonyl (C=O) groups excluding carboxylic acids is 1. The van der Waals surface area contributed by atoms with Crippen molar-refractivity contribution in [1.82, 2.24) is 4.90 Å². The lowest BCUT2D eigenvalue weighted by Gasteiger charge is -2.33. The van der Waals surface area contributed by atoms with Gasteiger partial charge < -0.3 is 14.7 Å². The van der Waals surface area contributed by atoms with E-state index in [0.717, 1.165) is 0 Å². The third kappa shape index (κ3) is 3.37. The Labute approximate surface area is 102 Å². The molecule has 1 rings (SSSR count). The highest BCUT2D eigenvalue weighted by Gasteiger charge is 2.26. The summed E-state index contributed by atoms with van der Waals surface area (Å²) in [5, 5.41) is 9.52. The molecule has 94 valence electrons. The first-order chi connectivity index (χ1) is 7.86. The van der Waals surface area contributed by atoms with E-state index < -0.39 is 6.09 Å². The molecule has 4 heteroatoms. The van der Waals surface area contributed by atoms with Gasteiger partial charge in [0.05, 0.1) is 0 Å². The van der Waals surface area contributed by atoms with Gasteiger partial charge in [-0.25, -0.2) is 4.79 Å². The zero-order chi connectivity index (χ0) is 13.1. The van der Waals surface area contributed by atoms with E-state index in [2.05, 4.69) is 0 Å². The lowest BCUT2D eigenvalue weighted by Crippen LogP contribution is -2.46. The maximum absolute atomic E-state index is 11.9. The Morgan fingerprint density at radius 1 is 1.35 bits per heavy atom. The molecule has 0 fully saturated rings. The van der Waals surface area contributed by atoms with E-state index >= 15 is 0 Å². The van der Waals surface area contributed by atoms with Gasteiger partial charge in [0.25, 0.3) is 0 Å². The molecular weight excluding hydrogens is 218 g/mol. The third-order valence-electron chi connectivity index (χ3n) is 2.41. The summed E-state index contributed by atoms with van der Waals surface area (Å²) in [6, 6.07) is 6.42. The minimum absolute atomic E-state index is 0.0363. The van der Waals surface area contributed by atoms with E-state index in [1.54, 1.807) is 23.1 Å². The van der Waals surface area contributed by atoms with Gasteiger partial charge in [0.15, 0.2) is 11.5 Å². The van der Waals surface area contributed by atoms with Crippen LogP contribution >= 0.6 is 0 Å². The molecule has 0 aliphatic carbocycles. The van der Waals surface area contributed by atoms with Crippen LogP contribution in [0.25, 0.3) is 0 Å². The Bertz CT molecular complexity index is 396. The standard InChI is InChI=1S/C13H19NO3/c1-5-14(13(2,3)4)12(16)17-11-9-7-6-8-10(11)15/h6-9,15H,5H2,1-4H3.